The second kappa shape index (κ2) is 6.28. The summed E-state index contributed by atoms with van der Waals surface area (Å²) in [5, 5.41) is 0. The zero-order chi connectivity index (χ0) is 16.3. The summed E-state index contributed by atoms with van der Waals surface area (Å²) in [6, 6.07) is 3.02. The van der Waals surface area contributed by atoms with Gasteiger partial charge in [-0.2, -0.15) is 13.2 Å². The average Bonchev–Trinajstić information content (AvgIpc) is 2.35. The third kappa shape index (κ3) is 4.88. The maximum atomic E-state index is 11.9. The van der Waals surface area contributed by atoms with Crippen LogP contribution >= 0.6 is 0 Å². The van der Waals surface area contributed by atoms with Gasteiger partial charge in [0.2, 0.25) is 0 Å². The van der Waals surface area contributed by atoms with Crippen molar-refractivity contribution in [2.45, 2.75) is 11.1 Å². The van der Waals surface area contributed by atoms with Crippen LogP contribution in [0.1, 0.15) is 10.4 Å². The highest BCUT2D eigenvalue weighted by Crippen LogP contribution is 2.22. The molecular weight excluding hydrogens is 317 g/mol. The van der Waals surface area contributed by atoms with Crippen molar-refractivity contribution in [1.29, 1.82) is 0 Å². The number of rotatable bonds is 6. The van der Waals surface area contributed by atoms with Crippen LogP contribution in [0.4, 0.5) is 13.2 Å². The molecule has 7 nitrogen and oxygen atoms in total. The van der Waals surface area contributed by atoms with Crippen molar-refractivity contribution >= 4 is 15.9 Å². The molecule has 0 fully saturated rings. The van der Waals surface area contributed by atoms with Crippen molar-refractivity contribution in [1.82, 2.24) is 4.89 Å². The highest BCUT2D eigenvalue weighted by atomic mass is 32.2. The summed E-state index contributed by atoms with van der Waals surface area (Å²) >= 11 is 0. The maximum absolute atomic E-state index is 11.9. The van der Waals surface area contributed by atoms with Gasteiger partial charge in [0.25, 0.3) is 15.9 Å². The quantitative estimate of drug-likeness (QED) is 0.742. The molecule has 0 atom stereocenters. The first-order chi connectivity index (χ1) is 9.57. The number of methoxy groups -OCH3 is 1. The van der Waals surface area contributed by atoms with Gasteiger partial charge in [-0.15, -0.1) is 0 Å². The van der Waals surface area contributed by atoms with Gasteiger partial charge in [0.05, 0.1) is 17.6 Å². The first kappa shape index (κ1) is 17.2. The van der Waals surface area contributed by atoms with Gasteiger partial charge in [-0.25, -0.2) is 8.42 Å². The minimum absolute atomic E-state index is 0.0256. The average molecular weight is 328 g/mol. The normalized spacial score (nSPS) is 12.2. The van der Waals surface area contributed by atoms with Crippen molar-refractivity contribution in [2.24, 2.45) is 5.73 Å². The second-order valence-electron chi connectivity index (χ2n) is 3.72. The molecule has 0 unspecified atom stereocenters. The molecule has 0 aliphatic rings. The smallest absolute Gasteiger partial charge is 0.413 e. The van der Waals surface area contributed by atoms with E-state index < -0.39 is 33.6 Å². The zero-order valence-electron chi connectivity index (χ0n) is 10.6. The third-order valence-corrected chi connectivity index (χ3v) is 3.36. The van der Waals surface area contributed by atoms with Crippen LogP contribution in [0.25, 0.3) is 0 Å². The van der Waals surface area contributed by atoms with Crippen LogP contribution in [0.2, 0.25) is 0 Å². The van der Waals surface area contributed by atoms with Crippen molar-refractivity contribution in [3.8, 4) is 5.75 Å². The van der Waals surface area contributed by atoms with E-state index in [0.717, 1.165) is 18.2 Å². The van der Waals surface area contributed by atoms with E-state index in [1.165, 1.54) is 12.0 Å². The minimum atomic E-state index is -4.69. The van der Waals surface area contributed by atoms with Crippen LogP contribution in [0.3, 0.4) is 0 Å². The fourth-order valence-corrected chi connectivity index (χ4v) is 2.11. The summed E-state index contributed by atoms with van der Waals surface area (Å²) in [7, 11) is -3.16. The lowest BCUT2D eigenvalue weighted by Gasteiger charge is -2.11. The fraction of sp³-hybridized carbons (Fsp3) is 0.300. The zero-order valence-corrected chi connectivity index (χ0v) is 11.4. The maximum Gasteiger partial charge on any atom is 0.413 e. The molecular formula is C10H11F3N2O5S. The second-order valence-corrected chi connectivity index (χ2v) is 5.36. The number of halogens is 3. The SMILES string of the molecule is COc1ccc(S(=O)(=O)NOCC(F)(F)F)cc1C(N)=O. The molecule has 0 aromatic heterocycles. The first-order valence-electron chi connectivity index (χ1n) is 5.25. The first-order valence-corrected chi connectivity index (χ1v) is 6.73. The van der Waals surface area contributed by atoms with Crippen molar-refractivity contribution in [2.75, 3.05) is 13.7 Å². The Balaban J connectivity index is 2.99. The molecule has 0 aliphatic carbocycles. The number of amides is 1. The Labute approximate surface area is 117 Å². The summed E-state index contributed by atoms with van der Waals surface area (Å²) in [6.07, 6.45) is -4.69. The number of benzene rings is 1. The van der Waals surface area contributed by atoms with Gasteiger partial charge in [-0.3, -0.25) is 9.63 Å². The molecule has 0 aliphatic heterocycles. The summed E-state index contributed by atoms with van der Waals surface area (Å²) in [4.78, 5) is 15.8. The van der Waals surface area contributed by atoms with Crippen LogP contribution in [0.5, 0.6) is 5.75 Å². The lowest BCUT2D eigenvalue weighted by molar-refractivity contribution is -0.181. The molecule has 1 aromatic rings. The number of ether oxygens (including phenoxy) is 1. The molecule has 0 saturated heterocycles. The highest BCUT2D eigenvalue weighted by molar-refractivity contribution is 7.89. The minimum Gasteiger partial charge on any atom is -0.496 e. The van der Waals surface area contributed by atoms with E-state index in [1.54, 1.807) is 0 Å². The van der Waals surface area contributed by atoms with Crippen LogP contribution < -0.4 is 15.4 Å². The summed E-state index contributed by atoms with van der Waals surface area (Å²) in [6.45, 7) is -1.80. The van der Waals surface area contributed by atoms with Gasteiger partial charge < -0.3 is 10.5 Å². The Bertz CT molecular complexity index is 630. The molecule has 0 saturated carbocycles. The van der Waals surface area contributed by atoms with E-state index >= 15 is 0 Å². The number of alkyl halides is 3. The van der Waals surface area contributed by atoms with Crippen LogP contribution in [-0.4, -0.2) is 34.2 Å². The number of carbonyl (C=O) groups is 1. The molecule has 11 heteroatoms. The Morgan fingerprint density at radius 3 is 2.48 bits per heavy atom. The number of carbonyl (C=O) groups excluding carboxylic acids is 1. The van der Waals surface area contributed by atoms with Gasteiger partial charge in [0, 0.05) is 0 Å². The highest BCUT2D eigenvalue weighted by Gasteiger charge is 2.29. The number of hydrogen-bond donors (Lipinski definition) is 2. The third-order valence-electron chi connectivity index (χ3n) is 2.15. The summed E-state index contributed by atoms with van der Waals surface area (Å²) < 4.78 is 63.8. The van der Waals surface area contributed by atoms with E-state index in [9.17, 15) is 26.4 Å². The summed E-state index contributed by atoms with van der Waals surface area (Å²) in [5.74, 6) is -0.933. The number of nitrogens with two attached hydrogens (primary N) is 1. The topological polar surface area (TPSA) is 108 Å². The lowest BCUT2D eigenvalue weighted by Crippen LogP contribution is -2.29. The molecule has 118 valence electrons. The Morgan fingerprint density at radius 2 is 2.00 bits per heavy atom. The van der Waals surface area contributed by atoms with Gasteiger partial charge in [-0.1, -0.05) is 4.89 Å². The lowest BCUT2D eigenvalue weighted by atomic mass is 10.2. The van der Waals surface area contributed by atoms with E-state index in [2.05, 4.69) is 4.84 Å². The van der Waals surface area contributed by atoms with Crippen molar-refractivity contribution in [3.05, 3.63) is 23.8 Å². The Morgan fingerprint density at radius 1 is 1.38 bits per heavy atom. The van der Waals surface area contributed by atoms with Gasteiger partial charge in [0.1, 0.15) is 5.75 Å². The molecule has 0 spiro atoms. The Kier molecular flexibility index (Phi) is 5.15. The molecule has 1 aromatic carbocycles. The Hall–Kier alpha value is -1.85. The number of primary amides is 1. The van der Waals surface area contributed by atoms with Crippen molar-refractivity contribution < 1.29 is 36.0 Å². The van der Waals surface area contributed by atoms with E-state index in [4.69, 9.17) is 10.5 Å². The molecule has 1 amide bonds. The largest absolute Gasteiger partial charge is 0.496 e. The molecule has 0 bridgehead atoms. The van der Waals surface area contributed by atoms with Crippen molar-refractivity contribution in [3.63, 3.8) is 0 Å². The van der Waals surface area contributed by atoms with Gasteiger partial charge in [0.15, 0.2) is 6.61 Å². The fourth-order valence-electron chi connectivity index (χ4n) is 1.28. The number of sulfonamides is 1. The number of nitrogens with one attached hydrogen (secondary N) is 1. The van der Waals surface area contributed by atoms with E-state index in [0.29, 0.717) is 0 Å². The monoisotopic (exact) mass is 328 g/mol. The van der Waals surface area contributed by atoms with Crippen LogP contribution in [0.15, 0.2) is 23.1 Å². The van der Waals surface area contributed by atoms with E-state index in [-0.39, 0.29) is 11.3 Å². The van der Waals surface area contributed by atoms with Crippen LogP contribution in [0, 0.1) is 0 Å². The predicted octanol–water partition coefficient (Wildman–Crippen LogP) is 0.566. The molecule has 21 heavy (non-hydrogen) atoms. The van der Waals surface area contributed by atoms with Gasteiger partial charge in [-0.05, 0) is 18.2 Å². The van der Waals surface area contributed by atoms with Gasteiger partial charge >= 0.3 is 6.18 Å². The predicted molar refractivity (Wildman–Crippen MR) is 63.8 cm³/mol. The number of hydrogen-bond acceptors (Lipinski definition) is 5. The van der Waals surface area contributed by atoms with Crippen LogP contribution in [-0.2, 0) is 14.9 Å². The molecule has 0 heterocycles. The van der Waals surface area contributed by atoms with E-state index in [1.807, 2.05) is 0 Å². The summed E-state index contributed by atoms with van der Waals surface area (Å²) in [5.41, 5.74) is 4.81. The molecule has 3 N–H and O–H groups in total. The molecule has 0 radical (unpaired) electrons. The molecule has 1 rings (SSSR count). The standard InChI is InChI=1S/C10H11F3N2O5S/c1-19-8-3-2-6(4-7(8)9(14)16)21(17,18)15-20-5-10(11,12)13/h2-4,15H,5H2,1H3,(H2,14,16).